The lowest BCUT2D eigenvalue weighted by Crippen LogP contribution is -2.29. The van der Waals surface area contributed by atoms with E-state index < -0.39 is 0 Å². The molecule has 2 nitrogen and oxygen atoms in total. The normalized spacial score (nSPS) is 12.4. The molecule has 1 rings (SSSR count). The first kappa shape index (κ1) is 13.4. The Kier molecular flexibility index (Phi) is 5.74. The van der Waals surface area contributed by atoms with Gasteiger partial charge in [0.1, 0.15) is 0 Å². The first-order chi connectivity index (χ1) is 7.69. The number of nitrogens with one attached hydrogen (secondary N) is 1. The molecule has 1 atom stereocenters. The van der Waals surface area contributed by atoms with Crippen LogP contribution in [-0.4, -0.2) is 13.1 Å². The van der Waals surface area contributed by atoms with Gasteiger partial charge in [0.15, 0.2) is 0 Å². The van der Waals surface area contributed by atoms with Crippen LogP contribution in [0.15, 0.2) is 35.3 Å². The van der Waals surface area contributed by atoms with E-state index in [0.29, 0.717) is 6.54 Å². The van der Waals surface area contributed by atoms with Crippen LogP contribution in [0, 0.1) is 6.92 Å². The first-order valence-electron chi connectivity index (χ1n) is 5.49. The molecule has 0 fully saturated rings. The zero-order valence-electron chi connectivity index (χ0n) is 9.67. The fourth-order valence-corrected chi connectivity index (χ4v) is 2.36. The molecule has 0 radical (unpaired) electrons. The number of aryl methyl sites for hydroxylation is 1. The second kappa shape index (κ2) is 6.84. The Morgan fingerprint density at radius 2 is 2.31 bits per heavy atom. The average molecular weight is 283 g/mol. The maximum Gasteiger partial charge on any atom is 0.0455 e. The summed E-state index contributed by atoms with van der Waals surface area (Å²) in [5, 5.41) is 3.42. The van der Waals surface area contributed by atoms with Crippen LogP contribution in [0.5, 0.6) is 0 Å². The van der Waals surface area contributed by atoms with Gasteiger partial charge in [-0.2, -0.15) is 0 Å². The molecule has 0 bridgehead atoms. The summed E-state index contributed by atoms with van der Waals surface area (Å²) < 4.78 is 1.12. The van der Waals surface area contributed by atoms with Gasteiger partial charge in [0, 0.05) is 17.1 Å². The van der Waals surface area contributed by atoms with Gasteiger partial charge in [-0.25, -0.2) is 0 Å². The minimum absolute atomic E-state index is 0.204. The largest absolute Gasteiger partial charge is 0.329 e. The van der Waals surface area contributed by atoms with Crippen LogP contribution in [0.2, 0.25) is 0 Å². The van der Waals surface area contributed by atoms with E-state index in [1.165, 1.54) is 11.1 Å². The second-order valence-electron chi connectivity index (χ2n) is 3.84. The van der Waals surface area contributed by atoms with Crippen molar-refractivity contribution in [3.63, 3.8) is 0 Å². The number of hydrogen-bond donors (Lipinski definition) is 2. The molecule has 1 aromatic rings. The molecule has 1 unspecified atom stereocenters. The van der Waals surface area contributed by atoms with Crippen molar-refractivity contribution in [2.24, 2.45) is 5.73 Å². The molecule has 88 valence electrons. The van der Waals surface area contributed by atoms with Crippen molar-refractivity contribution in [2.75, 3.05) is 13.1 Å². The predicted molar refractivity (Wildman–Crippen MR) is 73.5 cm³/mol. The van der Waals surface area contributed by atoms with E-state index in [2.05, 4.69) is 52.9 Å². The van der Waals surface area contributed by atoms with Crippen molar-refractivity contribution in [1.29, 1.82) is 0 Å². The van der Waals surface area contributed by atoms with Crippen LogP contribution >= 0.6 is 15.9 Å². The molecule has 0 saturated carbocycles. The quantitative estimate of drug-likeness (QED) is 0.622. The van der Waals surface area contributed by atoms with Gasteiger partial charge < -0.3 is 11.1 Å². The zero-order chi connectivity index (χ0) is 12.0. The summed E-state index contributed by atoms with van der Waals surface area (Å²) in [5.74, 6) is 0. The molecule has 16 heavy (non-hydrogen) atoms. The van der Waals surface area contributed by atoms with Crippen molar-refractivity contribution < 1.29 is 0 Å². The van der Waals surface area contributed by atoms with E-state index in [-0.39, 0.29) is 6.04 Å². The molecule has 0 aliphatic rings. The van der Waals surface area contributed by atoms with Crippen molar-refractivity contribution >= 4 is 15.9 Å². The lowest BCUT2D eigenvalue weighted by atomic mass is 10.1. The lowest BCUT2D eigenvalue weighted by Gasteiger charge is -2.18. The minimum atomic E-state index is 0.204. The molecule has 0 aliphatic heterocycles. The number of rotatable bonds is 6. The molecule has 0 amide bonds. The number of benzene rings is 1. The minimum Gasteiger partial charge on any atom is -0.329 e. The Hall–Kier alpha value is -0.640. The molecule has 3 N–H and O–H groups in total. The summed E-state index contributed by atoms with van der Waals surface area (Å²) in [6, 6.07) is 6.55. The monoisotopic (exact) mass is 282 g/mol. The van der Waals surface area contributed by atoms with Crippen LogP contribution in [-0.2, 0) is 0 Å². The van der Waals surface area contributed by atoms with Crippen LogP contribution in [0.4, 0.5) is 0 Å². The molecule has 0 heterocycles. The SMILES string of the molecule is C=CCCNC(CN)c1ccc(C)cc1Br. The molecular weight excluding hydrogens is 264 g/mol. The van der Waals surface area contributed by atoms with Crippen molar-refractivity contribution in [3.8, 4) is 0 Å². The summed E-state index contributed by atoms with van der Waals surface area (Å²) in [4.78, 5) is 0. The number of nitrogens with two attached hydrogens (primary N) is 1. The number of hydrogen-bond acceptors (Lipinski definition) is 2. The van der Waals surface area contributed by atoms with Crippen molar-refractivity contribution in [1.82, 2.24) is 5.32 Å². The highest BCUT2D eigenvalue weighted by atomic mass is 79.9. The van der Waals surface area contributed by atoms with Crippen LogP contribution in [0.1, 0.15) is 23.6 Å². The van der Waals surface area contributed by atoms with Gasteiger partial charge in [-0.05, 0) is 37.1 Å². The number of halogens is 1. The molecule has 0 saturated heterocycles. The lowest BCUT2D eigenvalue weighted by molar-refractivity contribution is 0.546. The van der Waals surface area contributed by atoms with Gasteiger partial charge >= 0.3 is 0 Å². The highest BCUT2D eigenvalue weighted by molar-refractivity contribution is 9.10. The summed E-state index contributed by atoms with van der Waals surface area (Å²) in [6.45, 7) is 7.29. The molecule has 3 heteroatoms. The molecular formula is C13H19BrN2. The summed E-state index contributed by atoms with van der Waals surface area (Å²) >= 11 is 3.58. The summed E-state index contributed by atoms with van der Waals surface area (Å²) in [5.41, 5.74) is 8.25. The Labute approximate surface area is 106 Å². The van der Waals surface area contributed by atoms with Gasteiger partial charge in [0.05, 0.1) is 0 Å². The standard InChI is InChI=1S/C13H19BrN2/c1-3-4-7-16-13(9-15)11-6-5-10(2)8-12(11)14/h3,5-6,8,13,16H,1,4,7,9,15H2,2H3. The third-order valence-corrected chi connectivity index (χ3v) is 3.19. The maximum atomic E-state index is 5.78. The third kappa shape index (κ3) is 3.74. The van der Waals surface area contributed by atoms with Crippen LogP contribution < -0.4 is 11.1 Å². The van der Waals surface area contributed by atoms with E-state index in [1.54, 1.807) is 0 Å². The van der Waals surface area contributed by atoms with Crippen molar-refractivity contribution in [3.05, 3.63) is 46.5 Å². The van der Waals surface area contributed by atoms with E-state index >= 15 is 0 Å². The maximum absolute atomic E-state index is 5.78. The van der Waals surface area contributed by atoms with Gasteiger partial charge in [0.25, 0.3) is 0 Å². The Balaban J connectivity index is 2.74. The first-order valence-corrected chi connectivity index (χ1v) is 6.28. The fourth-order valence-electron chi connectivity index (χ4n) is 1.59. The highest BCUT2D eigenvalue weighted by Crippen LogP contribution is 2.24. The van der Waals surface area contributed by atoms with Crippen LogP contribution in [0.25, 0.3) is 0 Å². The van der Waals surface area contributed by atoms with E-state index in [9.17, 15) is 0 Å². The Morgan fingerprint density at radius 1 is 1.56 bits per heavy atom. The fraction of sp³-hybridized carbons (Fsp3) is 0.385. The second-order valence-corrected chi connectivity index (χ2v) is 4.70. The summed E-state index contributed by atoms with van der Waals surface area (Å²) in [7, 11) is 0. The van der Waals surface area contributed by atoms with Gasteiger partial charge in [-0.15, -0.1) is 6.58 Å². The molecule has 1 aromatic carbocycles. The average Bonchev–Trinajstić information content (AvgIpc) is 2.26. The highest BCUT2D eigenvalue weighted by Gasteiger charge is 2.11. The smallest absolute Gasteiger partial charge is 0.0455 e. The summed E-state index contributed by atoms with van der Waals surface area (Å²) in [6.07, 6.45) is 2.87. The Morgan fingerprint density at radius 3 is 2.88 bits per heavy atom. The Bertz CT molecular complexity index is 350. The van der Waals surface area contributed by atoms with E-state index in [0.717, 1.165) is 17.4 Å². The molecule has 0 spiro atoms. The zero-order valence-corrected chi connectivity index (χ0v) is 11.3. The van der Waals surface area contributed by atoms with Gasteiger partial charge in [-0.3, -0.25) is 0 Å². The third-order valence-electron chi connectivity index (χ3n) is 2.51. The van der Waals surface area contributed by atoms with E-state index in [4.69, 9.17) is 5.73 Å². The molecule has 0 aliphatic carbocycles. The van der Waals surface area contributed by atoms with Crippen molar-refractivity contribution in [2.45, 2.75) is 19.4 Å². The van der Waals surface area contributed by atoms with Gasteiger partial charge in [0.2, 0.25) is 0 Å². The van der Waals surface area contributed by atoms with Gasteiger partial charge in [-0.1, -0.05) is 34.1 Å². The topological polar surface area (TPSA) is 38.0 Å². The molecule has 0 aromatic heterocycles. The predicted octanol–water partition coefficient (Wildman–Crippen LogP) is 2.92. The van der Waals surface area contributed by atoms with Crippen LogP contribution in [0.3, 0.4) is 0 Å². The van der Waals surface area contributed by atoms with E-state index in [1.807, 2.05) is 6.08 Å².